The Morgan fingerprint density at radius 2 is 1.71 bits per heavy atom. The predicted molar refractivity (Wildman–Crippen MR) is 138 cm³/mol. The second kappa shape index (κ2) is 11.6. The van der Waals surface area contributed by atoms with Gasteiger partial charge in [-0.1, -0.05) is 60.7 Å². The van der Waals surface area contributed by atoms with Gasteiger partial charge in [-0.25, -0.2) is 4.79 Å². The molecular weight excluding hydrogens is 495 g/mol. The minimum Gasteiger partial charge on any atom is -0.478 e. The summed E-state index contributed by atoms with van der Waals surface area (Å²) in [6, 6.07) is 18.8. The normalized spacial score (nSPS) is 16.8. The number of carboxylic acids is 1. The third-order valence-electron chi connectivity index (χ3n) is 6.69. The molecule has 0 radical (unpaired) electrons. The Morgan fingerprint density at radius 3 is 2.37 bits per heavy atom. The van der Waals surface area contributed by atoms with Crippen molar-refractivity contribution >= 4 is 11.9 Å². The Morgan fingerprint density at radius 1 is 1.00 bits per heavy atom. The molecule has 1 aliphatic rings. The third kappa shape index (κ3) is 6.89. The van der Waals surface area contributed by atoms with Crippen molar-refractivity contribution in [2.45, 2.75) is 44.0 Å². The van der Waals surface area contributed by atoms with E-state index in [1.165, 1.54) is 12.1 Å². The zero-order chi connectivity index (χ0) is 27.3. The topological polar surface area (TPSA) is 77.8 Å². The van der Waals surface area contributed by atoms with E-state index in [-0.39, 0.29) is 17.5 Å². The molecule has 0 bridgehead atoms. The van der Waals surface area contributed by atoms with E-state index in [2.05, 4.69) is 0 Å². The van der Waals surface area contributed by atoms with Gasteiger partial charge in [-0.05, 0) is 59.4 Å². The maximum absolute atomic E-state index is 12.8. The van der Waals surface area contributed by atoms with Crippen molar-refractivity contribution in [1.82, 2.24) is 4.90 Å². The van der Waals surface area contributed by atoms with Crippen molar-refractivity contribution in [1.29, 1.82) is 0 Å². The lowest BCUT2D eigenvalue weighted by Gasteiger charge is -2.23. The van der Waals surface area contributed by atoms with Crippen LogP contribution in [-0.4, -0.2) is 45.7 Å². The van der Waals surface area contributed by atoms with Gasteiger partial charge in [0, 0.05) is 19.4 Å². The molecule has 5 nitrogen and oxygen atoms in total. The molecule has 0 aliphatic carbocycles. The number of benzene rings is 3. The number of alkyl halides is 3. The van der Waals surface area contributed by atoms with Crippen molar-refractivity contribution in [3.05, 3.63) is 107 Å². The molecule has 1 heterocycles. The molecule has 198 valence electrons. The molecule has 1 aliphatic heterocycles. The number of nitrogens with zero attached hydrogens (tertiary/aromatic N) is 1. The fourth-order valence-electron chi connectivity index (χ4n) is 4.61. The van der Waals surface area contributed by atoms with Gasteiger partial charge in [0.2, 0.25) is 5.91 Å². The molecule has 8 heteroatoms. The number of carboxylic acid groups (broad SMARTS) is 1. The van der Waals surface area contributed by atoms with E-state index in [4.69, 9.17) is 5.11 Å². The first kappa shape index (κ1) is 27.1. The summed E-state index contributed by atoms with van der Waals surface area (Å²) in [6.07, 6.45) is 0.354. The Bertz CT molecular complexity index is 1300. The minimum atomic E-state index is -4.39. The Hall–Kier alpha value is -3.91. The van der Waals surface area contributed by atoms with Crippen molar-refractivity contribution < 1.29 is 33.0 Å². The molecule has 2 N–H and O–H groups in total. The number of likely N-dealkylation sites (tertiary alicyclic amines) is 1. The summed E-state index contributed by atoms with van der Waals surface area (Å²) in [5.74, 6) is -0.943. The zero-order valence-corrected chi connectivity index (χ0v) is 20.6. The van der Waals surface area contributed by atoms with E-state index in [9.17, 15) is 27.9 Å². The molecule has 1 amide bonds. The minimum absolute atomic E-state index is 0.0422. The van der Waals surface area contributed by atoms with Gasteiger partial charge in [0.15, 0.2) is 0 Å². The van der Waals surface area contributed by atoms with Crippen LogP contribution in [0, 0.1) is 0 Å². The average molecular weight is 524 g/mol. The van der Waals surface area contributed by atoms with Gasteiger partial charge in [0.05, 0.1) is 23.3 Å². The molecule has 0 spiro atoms. The van der Waals surface area contributed by atoms with E-state index in [0.717, 1.165) is 28.8 Å². The molecule has 1 saturated heterocycles. The molecule has 0 saturated carbocycles. The molecule has 0 unspecified atom stereocenters. The number of carbonyl (C=O) groups excluding carboxylic acids is 1. The summed E-state index contributed by atoms with van der Waals surface area (Å²) in [6.45, 7) is 0.492. The lowest BCUT2D eigenvalue weighted by atomic mass is 9.99. The highest BCUT2D eigenvalue weighted by atomic mass is 19.4. The van der Waals surface area contributed by atoms with Crippen LogP contribution in [-0.2, 0) is 23.8 Å². The Balaban J connectivity index is 1.35. The molecule has 2 atom stereocenters. The molecule has 0 aromatic heterocycles. The monoisotopic (exact) mass is 523 g/mol. The standard InChI is InChI=1S/C30H28F3NO4/c31-30(32,33)25-10-8-22(9-11-25)24-3-1-2-21(18-24)19-27(35)14-12-26-13-15-28(36)34(26)17-16-20-4-6-23(7-5-20)29(37)38/h1-12,14,18,26-27,35H,13,15-17,19H2,(H,37,38)/t26-,27+/m0/s1. The van der Waals surface area contributed by atoms with Crippen LogP contribution in [0.1, 0.15) is 39.9 Å². The number of hydrogen-bond donors (Lipinski definition) is 2. The van der Waals surface area contributed by atoms with Crippen LogP contribution in [0.15, 0.2) is 84.9 Å². The summed E-state index contributed by atoms with van der Waals surface area (Å²) in [5.41, 5.74) is 2.70. The number of aliphatic hydroxyl groups is 1. The maximum Gasteiger partial charge on any atom is 0.416 e. The van der Waals surface area contributed by atoms with Crippen LogP contribution < -0.4 is 0 Å². The van der Waals surface area contributed by atoms with E-state index in [1.807, 2.05) is 24.3 Å². The van der Waals surface area contributed by atoms with Crippen LogP contribution in [0.4, 0.5) is 13.2 Å². The molecule has 3 aromatic rings. The highest BCUT2D eigenvalue weighted by molar-refractivity contribution is 5.87. The van der Waals surface area contributed by atoms with Gasteiger partial charge in [-0.3, -0.25) is 4.79 Å². The summed E-state index contributed by atoms with van der Waals surface area (Å²) < 4.78 is 38.5. The van der Waals surface area contributed by atoms with Crippen molar-refractivity contribution in [3.63, 3.8) is 0 Å². The molecule has 1 fully saturated rings. The van der Waals surface area contributed by atoms with Crippen molar-refractivity contribution in [2.75, 3.05) is 6.54 Å². The summed E-state index contributed by atoms with van der Waals surface area (Å²) in [5, 5.41) is 19.6. The van der Waals surface area contributed by atoms with E-state index in [0.29, 0.717) is 37.8 Å². The Kier molecular flexibility index (Phi) is 8.32. The van der Waals surface area contributed by atoms with Crippen LogP contribution in [0.3, 0.4) is 0 Å². The SMILES string of the molecule is O=C(O)c1ccc(CCN2C(=O)CC[C@@H]2C=C[C@@H](O)Cc2cccc(-c3ccc(C(F)(F)F)cc3)c2)cc1. The van der Waals surface area contributed by atoms with Gasteiger partial charge in [0.25, 0.3) is 0 Å². The summed E-state index contributed by atoms with van der Waals surface area (Å²) in [4.78, 5) is 25.2. The number of amides is 1. The highest BCUT2D eigenvalue weighted by Crippen LogP contribution is 2.31. The van der Waals surface area contributed by atoms with E-state index >= 15 is 0 Å². The maximum atomic E-state index is 12.8. The molecular formula is C30H28F3NO4. The van der Waals surface area contributed by atoms with Crippen LogP contribution in [0.5, 0.6) is 0 Å². The second-order valence-electron chi connectivity index (χ2n) is 9.38. The molecule has 4 rings (SSSR count). The largest absolute Gasteiger partial charge is 0.478 e. The number of carbonyl (C=O) groups is 2. The first-order valence-electron chi connectivity index (χ1n) is 12.3. The highest BCUT2D eigenvalue weighted by Gasteiger charge is 2.30. The van der Waals surface area contributed by atoms with Crippen LogP contribution in [0.2, 0.25) is 0 Å². The second-order valence-corrected chi connectivity index (χ2v) is 9.38. The van der Waals surface area contributed by atoms with E-state index < -0.39 is 23.8 Å². The summed E-state index contributed by atoms with van der Waals surface area (Å²) in [7, 11) is 0. The summed E-state index contributed by atoms with van der Waals surface area (Å²) >= 11 is 0. The van der Waals surface area contributed by atoms with Crippen molar-refractivity contribution in [3.8, 4) is 11.1 Å². The quantitative estimate of drug-likeness (QED) is 0.350. The number of hydrogen-bond acceptors (Lipinski definition) is 3. The first-order chi connectivity index (χ1) is 18.1. The lowest BCUT2D eigenvalue weighted by Crippen LogP contribution is -2.33. The number of rotatable bonds is 9. The van der Waals surface area contributed by atoms with Crippen molar-refractivity contribution in [2.24, 2.45) is 0 Å². The predicted octanol–water partition coefficient (Wildman–Crippen LogP) is 5.76. The fourth-order valence-corrected chi connectivity index (χ4v) is 4.61. The van der Waals surface area contributed by atoms with Gasteiger partial charge < -0.3 is 15.1 Å². The van der Waals surface area contributed by atoms with Gasteiger partial charge in [-0.15, -0.1) is 0 Å². The molecule has 38 heavy (non-hydrogen) atoms. The number of halogens is 3. The number of aromatic carboxylic acids is 1. The van der Waals surface area contributed by atoms with E-state index in [1.54, 1.807) is 41.3 Å². The van der Waals surface area contributed by atoms with Gasteiger partial charge in [0.1, 0.15) is 0 Å². The van der Waals surface area contributed by atoms with Crippen LogP contribution >= 0.6 is 0 Å². The number of aliphatic hydroxyl groups excluding tert-OH is 1. The fraction of sp³-hybridized carbons (Fsp3) is 0.267. The van der Waals surface area contributed by atoms with Gasteiger partial charge in [-0.2, -0.15) is 13.2 Å². The average Bonchev–Trinajstić information content (AvgIpc) is 3.25. The van der Waals surface area contributed by atoms with Crippen LogP contribution in [0.25, 0.3) is 11.1 Å². The van der Waals surface area contributed by atoms with Gasteiger partial charge >= 0.3 is 12.1 Å². The molecule has 3 aromatic carbocycles. The third-order valence-corrected chi connectivity index (χ3v) is 6.69. The first-order valence-corrected chi connectivity index (χ1v) is 12.3. The smallest absolute Gasteiger partial charge is 0.416 e. The Labute approximate surface area is 218 Å². The lowest BCUT2D eigenvalue weighted by molar-refractivity contribution is -0.137. The zero-order valence-electron chi connectivity index (χ0n) is 20.6.